The third-order valence-corrected chi connectivity index (χ3v) is 5.58. The van der Waals surface area contributed by atoms with E-state index < -0.39 is 12.6 Å². The molecule has 0 aromatic heterocycles. The molecule has 2 amide bonds. The van der Waals surface area contributed by atoms with Crippen LogP contribution in [-0.2, 0) is 41.4 Å². The number of amides is 2. The van der Waals surface area contributed by atoms with Gasteiger partial charge in [0.05, 0.1) is 38.1 Å². The predicted molar refractivity (Wildman–Crippen MR) is 127 cm³/mol. The summed E-state index contributed by atoms with van der Waals surface area (Å²) in [6.07, 6.45) is -0.255. The highest BCUT2D eigenvalue weighted by atomic mass is 16.7. The summed E-state index contributed by atoms with van der Waals surface area (Å²) >= 11 is 0. The molecule has 0 bridgehead atoms. The van der Waals surface area contributed by atoms with Gasteiger partial charge in [0.1, 0.15) is 0 Å². The molecule has 184 valence electrons. The standard InChI is InChI=1S/C26H34N2O6/c1-31-25-15-23(29)27-22(14-20-11-7-4-8-12-20)18-34-26(32-2)16-24(30)28-21(17-33-25)13-19-9-5-3-6-10-19/h3-12,21-22,25-26H,13-18H2,1-2H3,(H,27,29)(H,28,30)/t21-,22-,25-,26+/m0/s1. The molecule has 34 heavy (non-hydrogen) atoms. The molecule has 2 aromatic rings. The molecule has 0 unspecified atom stereocenters. The van der Waals surface area contributed by atoms with Crippen molar-refractivity contribution in [3.05, 3.63) is 71.8 Å². The molecule has 0 radical (unpaired) electrons. The number of carbonyl (C=O) groups excluding carboxylic acids is 2. The smallest absolute Gasteiger partial charge is 0.225 e. The fourth-order valence-electron chi connectivity index (χ4n) is 3.84. The van der Waals surface area contributed by atoms with E-state index in [1.807, 2.05) is 60.7 Å². The van der Waals surface area contributed by atoms with Crippen LogP contribution in [0.4, 0.5) is 0 Å². The Kier molecular flexibility index (Phi) is 10.5. The molecule has 0 saturated carbocycles. The van der Waals surface area contributed by atoms with Gasteiger partial charge in [0.15, 0.2) is 12.6 Å². The van der Waals surface area contributed by atoms with Crippen LogP contribution in [0.2, 0.25) is 0 Å². The van der Waals surface area contributed by atoms with E-state index in [1.54, 1.807) is 0 Å². The Morgan fingerprint density at radius 3 is 1.44 bits per heavy atom. The summed E-state index contributed by atoms with van der Waals surface area (Å²) in [4.78, 5) is 25.5. The first-order valence-corrected chi connectivity index (χ1v) is 11.5. The van der Waals surface area contributed by atoms with Gasteiger partial charge in [-0.25, -0.2) is 0 Å². The maximum Gasteiger partial charge on any atom is 0.225 e. The van der Waals surface area contributed by atoms with Crippen LogP contribution in [0, 0.1) is 0 Å². The zero-order valence-corrected chi connectivity index (χ0v) is 19.8. The third kappa shape index (κ3) is 8.87. The summed E-state index contributed by atoms with van der Waals surface area (Å²) in [6.45, 7) is 0.386. The molecule has 1 fully saturated rings. The molecule has 0 spiro atoms. The first kappa shape index (κ1) is 25.8. The number of methoxy groups -OCH3 is 2. The van der Waals surface area contributed by atoms with E-state index in [4.69, 9.17) is 18.9 Å². The molecule has 2 N–H and O–H groups in total. The van der Waals surface area contributed by atoms with Crippen LogP contribution in [0.25, 0.3) is 0 Å². The Labute approximate surface area is 200 Å². The van der Waals surface area contributed by atoms with Gasteiger partial charge in [-0.1, -0.05) is 60.7 Å². The van der Waals surface area contributed by atoms with Crippen LogP contribution in [0.15, 0.2) is 60.7 Å². The van der Waals surface area contributed by atoms with Gasteiger partial charge in [-0.05, 0) is 24.0 Å². The van der Waals surface area contributed by atoms with E-state index in [9.17, 15) is 9.59 Å². The van der Waals surface area contributed by atoms with Crippen molar-refractivity contribution >= 4 is 11.8 Å². The van der Waals surface area contributed by atoms with Gasteiger partial charge in [-0.3, -0.25) is 9.59 Å². The number of hydrogen-bond acceptors (Lipinski definition) is 6. The fraction of sp³-hybridized carbons (Fsp3) is 0.462. The Morgan fingerprint density at radius 1 is 0.706 bits per heavy atom. The van der Waals surface area contributed by atoms with Crippen LogP contribution in [0.3, 0.4) is 0 Å². The molecule has 8 nitrogen and oxygen atoms in total. The number of nitrogens with one attached hydrogen (secondary N) is 2. The van der Waals surface area contributed by atoms with Gasteiger partial charge in [-0.15, -0.1) is 0 Å². The van der Waals surface area contributed by atoms with E-state index >= 15 is 0 Å². The summed E-state index contributed by atoms with van der Waals surface area (Å²) in [5, 5.41) is 6.02. The van der Waals surface area contributed by atoms with E-state index in [-0.39, 0.29) is 50.0 Å². The highest BCUT2D eigenvalue weighted by molar-refractivity contribution is 5.77. The molecule has 8 heteroatoms. The second kappa shape index (κ2) is 13.8. The second-order valence-electron chi connectivity index (χ2n) is 8.31. The van der Waals surface area contributed by atoms with Crippen molar-refractivity contribution in [3.63, 3.8) is 0 Å². The van der Waals surface area contributed by atoms with Crippen LogP contribution in [-0.4, -0.2) is 63.9 Å². The lowest BCUT2D eigenvalue weighted by Gasteiger charge is -2.27. The number of ether oxygens (including phenoxy) is 4. The van der Waals surface area contributed by atoms with Gasteiger partial charge < -0.3 is 29.6 Å². The van der Waals surface area contributed by atoms with Crippen molar-refractivity contribution in [1.82, 2.24) is 10.6 Å². The molecule has 1 aliphatic heterocycles. The summed E-state index contributed by atoms with van der Waals surface area (Å²) in [5.74, 6) is -0.405. The van der Waals surface area contributed by atoms with Crippen molar-refractivity contribution in [2.75, 3.05) is 27.4 Å². The van der Waals surface area contributed by atoms with E-state index in [1.165, 1.54) is 14.2 Å². The average molecular weight is 471 g/mol. The van der Waals surface area contributed by atoms with Crippen molar-refractivity contribution in [2.24, 2.45) is 0 Å². The molecule has 1 heterocycles. The minimum atomic E-state index is -0.733. The van der Waals surface area contributed by atoms with E-state index in [0.717, 1.165) is 11.1 Å². The van der Waals surface area contributed by atoms with Gasteiger partial charge in [0, 0.05) is 14.2 Å². The predicted octanol–water partition coefficient (Wildman–Crippen LogP) is 2.21. The Morgan fingerprint density at radius 2 is 1.09 bits per heavy atom. The zero-order chi connectivity index (χ0) is 24.2. The highest BCUT2D eigenvalue weighted by Gasteiger charge is 2.24. The zero-order valence-electron chi connectivity index (χ0n) is 19.8. The molecule has 4 atom stereocenters. The summed E-state index contributed by atoms with van der Waals surface area (Å²) in [7, 11) is 3.00. The Balaban J connectivity index is 1.72. The lowest BCUT2D eigenvalue weighted by Crippen LogP contribution is -2.46. The molecule has 1 saturated heterocycles. The first-order valence-electron chi connectivity index (χ1n) is 11.5. The minimum absolute atomic E-state index is 0.0293. The van der Waals surface area contributed by atoms with Gasteiger partial charge in [0.25, 0.3) is 0 Å². The topological polar surface area (TPSA) is 95.1 Å². The Hall–Kier alpha value is -2.78. The van der Waals surface area contributed by atoms with Gasteiger partial charge in [0.2, 0.25) is 11.8 Å². The average Bonchev–Trinajstić information content (AvgIpc) is 2.84. The van der Waals surface area contributed by atoms with Crippen molar-refractivity contribution in [2.45, 2.75) is 50.3 Å². The third-order valence-electron chi connectivity index (χ3n) is 5.58. The fourth-order valence-corrected chi connectivity index (χ4v) is 3.84. The van der Waals surface area contributed by atoms with Crippen LogP contribution >= 0.6 is 0 Å². The van der Waals surface area contributed by atoms with E-state index in [2.05, 4.69) is 10.6 Å². The molecule has 3 rings (SSSR count). The molecule has 2 aromatic carbocycles. The number of benzene rings is 2. The summed E-state index contributed by atoms with van der Waals surface area (Å²) in [6, 6.07) is 19.0. The lowest BCUT2D eigenvalue weighted by atomic mass is 10.1. The SMILES string of the molecule is CO[C@H]1CC(=O)N[C@@H](Cc2ccccc2)CO[C@H](OC)CC(=O)N[C@@H](Cc2ccccc2)CO1. The maximum atomic E-state index is 12.8. The van der Waals surface area contributed by atoms with Crippen molar-refractivity contribution in [1.29, 1.82) is 0 Å². The van der Waals surface area contributed by atoms with Crippen LogP contribution < -0.4 is 10.6 Å². The monoisotopic (exact) mass is 470 g/mol. The Bertz CT molecular complexity index is 806. The molecular formula is C26H34N2O6. The first-order chi connectivity index (χ1) is 16.6. The quantitative estimate of drug-likeness (QED) is 0.672. The summed E-state index contributed by atoms with van der Waals surface area (Å²) < 4.78 is 22.5. The van der Waals surface area contributed by atoms with E-state index in [0.29, 0.717) is 12.8 Å². The largest absolute Gasteiger partial charge is 0.355 e. The highest BCUT2D eigenvalue weighted by Crippen LogP contribution is 2.11. The normalized spacial score (nSPS) is 25.1. The van der Waals surface area contributed by atoms with Crippen molar-refractivity contribution in [3.8, 4) is 0 Å². The van der Waals surface area contributed by atoms with Crippen molar-refractivity contribution < 1.29 is 28.5 Å². The lowest BCUT2D eigenvalue weighted by molar-refractivity contribution is -0.160. The summed E-state index contributed by atoms with van der Waals surface area (Å²) in [5.41, 5.74) is 2.13. The number of hydrogen-bond donors (Lipinski definition) is 2. The molecular weight excluding hydrogens is 436 g/mol. The van der Waals surface area contributed by atoms with Gasteiger partial charge in [-0.2, -0.15) is 0 Å². The molecule has 0 aliphatic carbocycles. The van der Waals surface area contributed by atoms with Crippen LogP contribution in [0.5, 0.6) is 0 Å². The number of rotatable bonds is 6. The maximum absolute atomic E-state index is 12.8. The molecule has 1 aliphatic rings. The second-order valence-corrected chi connectivity index (χ2v) is 8.31. The van der Waals surface area contributed by atoms with Crippen LogP contribution in [0.1, 0.15) is 24.0 Å². The van der Waals surface area contributed by atoms with Gasteiger partial charge >= 0.3 is 0 Å². The minimum Gasteiger partial charge on any atom is -0.355 e. The number of carbonyl (C=O) groups is 2.